The molecule has 0 fully saturated rings. The summed E-state index contributed by atoms with van der Waals surface area (Å²) >= 11 is 0. The zero-order valence-electron chi connectivity index (χ0n) is 10.5. The largest absolute Gasteiger partial charge is 0.481 e. The summed E-state index contributed by atoms with van der Waals surface area (Å²) in [6, 6.07) is 0. The number of nitrogens with one attached hydrogen (secondary N) is 1. The highest BCUT2D eigenvalue weighted by atomic mass is 32.2. The molecule has 0 aliphatic rings. The summed E-state index contributed by atoms with van der Waals surface area (Å²) in [5, 5.41) is 8.43. The molecule has 0 unspecified atom stereocenters. The van der Waals surface area contributed by atoms with Crippen molar-refractivity contribution >= 4 is 16.2 Å². The van der Waals surface area contributed by atoms with Crippen molar-refractivity contribution in [3.05, 3.63) is 0 Å². The Morgan fingerprint density at radius 3 is 2.18 bits per heavy atom. The molecular weight excluding hydrogens is 244 g/mol. The highest BCUT2D eigenvalue weighted by Crippen LogP contribution is 2.01. The number of hydrogen-bond donors (Lipinski definition) is 2. The van der Waals surface area contributed by atoms with E-state index >= 15 is 0 Å². The molecule has 2 N–H and O–H groups in total. The molecule has 0 aliphatic carbocycles. The third kappa shape index (κ3) is 7.30. The van der Waals surface area contributed by atoms with E-state index in [2.05, 4.69) is 4.72 Å². The number of carbonyl (C=O) groups is 1. The minimum Gasteiger partial charge on any atom is -0.481 e. The zero-order valence-corrected chi connectivity index (χ0v) is 11.3. The second-order valence-electron chi connectivity index (χ2n) is 3.80. The topological polar surface area (TPSA) is 86.7 Å². The lowest BCUT2D eigenvalue weighted by Gasteiger charge is -2.21. The lowest BCUT2D eigenvalue weighted by Crippen LogP contribution is -2.42. The molecule has 0 spiro atoms. The minimum atomic E-state index is -3.45. The Bertz CT molecular complexity index is 310. The average molecular weight is 266 g/mol. The second kappa shape index (κ2) is 8.43. The van der Waals surface area contributed by atoms with Crippen LogP contribution in [0.2, 0.25) is 0 Å². The minimum absolute atomic E-state index is 0.0237. The SMILES string of the molecule is CCCN(CCC)S(=O)(=O)NCCCC(=O)O. The molecule has 0 aromatic rings. The van der Waals surface area contributed by atoms with Crippen LogP contribution in [0.1, 0.15) is 39.5 Å². The van der Waals surface area contributed by atoms with E-state index in [-0.39, 0.29) is 13.0 Å². The molecular formula is C10H22N2O4S. The van der Waals surface area contributed by atoms with E-state index in [1.807, 2.05) is 13.8 Å². The molecule has 0 aliphatic heterocycles. The first-order valence-electron chi connectivity index (χ1n) is 5.90. The number of rotatable bonds is 10. The normalized spacial score (nSPS) is 11.9. The number of nitrogens with zero attached hydrogens (tertiary/aromatic N) is 1. The Morgan fingerprint density at radius 1 is 1.24 bits per heavy atom. The van der Waals surface area contributed by atoms with E-state index in [0.29, 0.717) is 19.5 Å². The summed E-state index contributed by atoms with van der Waals surface area (Å²) in [6.07, 6.45) is 1.80. The van der Waals surface area contributed by atoms with E-state index in [1.54, 1.807) is 0 Å². The Hall–Kier alpha value is -0.660. The first-order valence-corrected chi connectivity index (χ1v) is 7.34. The first kappa shape index (κ1) is 16.3. The van der Waals surface area contributed by atoms with Gasteiger partial charge in [0.05, 0.1) is 0 Å². The highest BCUT2D eigenvalue weighted by molar-refractivity contribution is 7.87. The van der Waals surface area contributed by atoms with Crippen LogP contribution in [0.5, 0.6) is 0 Å². The van der Waals surface area contributed by atoms with Crippen molar-refractivity contribution in [3.63, 3.8) is 0 Å². The lowest BCUT2D eigenvalue weighted by atomic mass is 10.3. The van der Waals surface area contributed by atoms with E-state index in [4.69, 9.17) is 5.11 Å². The molecule has 0 bridgehead atoms. The van der Waals surface area contributed by atoms with Crippen molar-refractivity contribution < 1.29 is 18.3 Å². The van der Waals surface area contributed by atoms with Crippen LogP contribution in [0.25, 0.3) is 0 Å². The van der Waals surface area contributed by atoms with Crippen LogP contribution >= 0.6 is 0 Å². The molecule has 0 radical (unpaired) electrons. The quantitative estimate of drug-likeness (QED) is 0.573. The third-order valence-electron chi connectivity index (χ3n) is 2.14. The van der Waals surface area contributed by atoms with Gasteiger partial charge in [0.25, 0.3) is 10.2 Å². The summed E-state index contributed by atoms with van der Waals surface area (Å²) in [5.41, 5.74) is 0. The fourth-order valence-corrected chi connectivity index (χ4v) is 2.81. The molecule has 0 aromatic carbocycles. The van der Waals surface area contributed by atoms with Gasteiger partial charge in [-0.05, 0) is 19.3 Å². The number of aliphatic carboxylic acids is 1. The van der Waals surface area contributed by atoms with Crippen molar-refractivity contribution in [2.75, 3.05) is 19.6 Å². The number of carboxylic acids is 1. The number of carboxylic acid groups (broad SMARTS) is 1. The summed E-state index contributed by atoms with van der Waals surface area (Å²) in [6.45, 7) is 4.98. The molecule has 0 atom stereocenters. The van der Waals surface area contributed by atoms with Gasteiger partial charge in [-0.25, -0.2) is 4.72 Å². The Morgan fingerprint density at radius 2 is 1.76 bits per heavy atom. The van der Waals surface area contributed by atoms with Gasteiger partial charge in [-0.15, -0.1) is 0 Å². The number of hydrogen-bond acceptors (Lipinski definition) is 3. The molecule has 7 heteroatoms. The van der Waals surface area contributed by atoms with Crippen LogP contribution in [0, 0.1) is 0 Å². The lowest BCUT2D eigenvalue weighted by molar-refractivity contribution is -0.137. The van der Waals surface area contributed by atoms with Gasteiger partial charge in [0, 0.05) is 26.1 Å². The van der Waals surface area contributed by atoms with Crippen molar-refractivity contribution in [3.8, 4) is 0 Å². The van der Waals surface area contributed by atoms with Crippen LogP contribution in [0.4, 0.5) is 0 Å². The first-order chi connectivity index (χ1) is 7.94. The Kier molecular flexibility index (Phi) is 8.11. The van der Waals surface area contributed by atoms with Gasteiger partial charge in [-0.1, -0.05) is 13.8 Å². The van der Waals surface area contributed by atoms with Gasteiger partial charge in [0.1, 0.15) is 0 Å². The molecule has 0 heterocycles. The van der Waals surface area contributed by atoms with Gasteiger partial charge >= 0.3 is 5.97 Å². The zero-order chi connectivity index (χ0) is 13.3. The maximum Gasteiger partial charge on any atom is 0.303 e. The summed E-state index contributed by atoms with van der Waals surface area (Å²) < 4.78 is 27.5. The van der Waals surface area contributed by atoms with Gasteiger partial charge in [0.15, 0.2) is 0 Å². The van der Waals surface area contributed by atoms with E-state index in [1.165, 1.54) is 4.31 Å². The fraction of sp³-hybridized carbons (Fsp3) is 0.900. The van der Waals surface area contributed by atoms with Gasteiger partial charge < -0.3 is 5.11 Å². The van der Waals surface area contributed by atoms with E-state index in [0.717, 1.165) is 12.8 Å². The van der Waals surface area contributed by atoms with Crippen LogP contribution in [0.15, 0.2) is 0 Å². The molecule has 17 heavy (non-hydrogen) atoms. The highest BCUT2D eigenvalue weighted by Gasteiger charge is 2.19. The molecule has 6 nitrogen and oxygen atoms in total. The molecule has 0 aromatic heterocycles. The van der Waals surface area contributed by atoms with Crippen molar-refractivity contribution in [1.29, 1.82) is 0 Å². The molecule has 102 valence electrons. The summed E-state index contributed by atoms with van der Waals surface area (Å²) in [4.78, 5) is 10.3. The maximum atomic E-state index is 11.8. The molecule has 0 saturated heterocycles. The maximum absolute atomic E-state index is 11.8. The van der Waals surface area contributed by atoms with Gasteiger partial charge in [-0.2, -0.15) is 12.7 Å². The van der Waals surface area contributed by atoms with Crippen molar-refractivity contribution in [2.45, 2.75) is 39.5 Å². The smallest absolute Gasteiger partial charge is 0.303 e. The molecule has 0 amide bonds. The Labute approximate surface area is 103 Å². The van der Waals surface area contributed by atoms with Crippen molar-refractivity contribution in [2.24, 2.45) is 0 Å². The van der Waals surface area contributed by atoms with Gasteiger partial charge in [-0.3, -0.25) is 4.79 Å². The standard InChI is InChI=1S/C10H22N2O4S/c1-3-8-12(9-4-2)17(15,16)11-7-5-6-10(13)14/h11H,3-9H2,1-2H3,(H,13,14). The Balaban J connectivity index is 4.17. The van der Waals surface area contributed by atoms with Crippen LogP contribution in [0.3, 0.4) is 0 Å². The van der Waals surface area contributed by atoms with Crippen molar-refractivity contribution in [1.82, 2.24) is 9.03 Å². The summed E-state index contributed by atoms with van der Waals surface area (Å²) in [7, 11) is -3.45. The summed E-state index contributed by atoms with van der Waals surface area (Å²) in [5.74, 6) is -0.914. The van der Waals surface area contributed by atoms with E-state index in [9.17, 15) is 13.2 Å². The average Bonchev–Trinajstić information content (AvgIpc) is 2.24. The monoisotopic (exact) mass is 266 g/mol. The predicted molar refractivity (Wildman–Crippen MR) is 65.9 cm³/mol. The fourth-order valence-electron chi connectivity index (χ4n) is 1.38. The molecule has 0 saturated carbocycles. The van der Waals surface area contributed by atoms with E-state index < -0.39 is 16.2 Å². The van der Waals surface area contributed by atoms with Crippen LogP contribution < -0.4 is 4.72 Å². The second-order valence-corrected chi connectivity index (χ2v) is 5.55. The third-order valence-corrected chi connectivity index (χ3v) is 3.75. The predicted octanol–water partition coefficient (Wildman–Crippen LogP) is 0.808. The van der Waals surface area contributed by atoms with Crippen LogP contribution in [-0.2, 0) is 15.0 Å². The molecule has 0 rings (SSSR count). The van der Waals surface area contributed by atoms with Crippen LogP contribution in [-0.4, -0.2) is 43.4 Å². The van der Waals surface area contributed by atoms with Gasteiger partial charge in [0.2, 0.25) is 0 Å².